The molecule has 1 aromatic heterocycles. The molecule has 2 heteroatoms. The van der Waals surface area contributed by atoms with Crippen molar-refractivity contribution < 1.29 is 5.11 Å². The Hall–Kier alpha value is -0.600. The zero-order valence-electron chi connectivity index (χ0n) is 6.32. The fourth-order valence-corrected chi connectivity index (χ4v) is 2.18. The summed E-state index contributed by atoms with van der Waals surface area (Å²) >= 11 is 1.68. The first-order valence-corrected chi connectivity index (χ1v) is 4.60. The lowest BCUT2D eigenvalue weighted by atomic mass is 9.93. The van der Waals surface area contributed by atoms with Gasteiger partial charge in [-0.05, 0) is 23.1 Å². The molecule has 0 saturated carbocycles. The molecule has 58 valence electrons. The third-order valence-corrected chi connectivity index (χ3v) is 2.99. The molecule has 2 unspecified atom stereocenters. The maximum atomic E-state index is 9.67. The maximum absolute atomic E-state index is 9.67. The zero-order chi connectivity index (χ0) is 7.84. The van der Waals surface area contributed by atoms with Gasteiger partial charge in [0, 0.05) is 10.8 Å². The Balaban J connectivity index is 2.48. The number of thiophene rings is 1. The lowest BCUT2D eigenvalue weighted by molar-refractivity contribution is 0.138. The lowest BCUT2D eigenvalue weighted by Gasteiger charge is -2.19. The third kappa shape index (κ3) is 1.03. The van der Waals surface area contributed by atoms with Crippen molar-refractivity contribution in [2.75, 3.05) is 0 Å². The van der Waals surface area contributed by atoms with E-state index in [1.807, 2.05) is 18.4 Å². The number of aliphatic hydroxyl groups excluding tert-OH is 1. The van der Waals surface area contributed by atoms with Crippen LogP contribution in [0, 0.1) is 5.92 Å². The standard InChI is InChI=1S/C9H10OS/c1-6-2-3-8-7(9(6)10)4-5-11-8/h2-6,9-10H,1H3. The van der Waals surface area contributed by atoms with Gasteiger partial charge in [-0.1, -0.05) is 13.0 Å². The van der Waals surface area contributed by atoms with E-state index in [9.17, 15) is 5.11 Å². The minimum atomic E-state index is -0.291. The molecule has 2 rings (SSSR count). The van der Waals surface area contributed by atoms with Gasteiger partial charge < -0.3 is 5.11 Å². The molecular weight excluding hydrogens is 156 g/mol. The molecule has 0 amide bonds. The first-order chi connectivity index (χ1) is 5.29. The number of fused-ring (bicyclic) bond motifs is 1. The van der Waals surface area contributed by atoms with E-state index < -0.39 is 0 Å². The summed E-state index contributed by atoms with van der Waals surface area (Å²) in [5.41, 5.74) is 1.09. The van der Waals surface area contributed by atoms with Crippen LogP contribution in [-0.2, 0) is 0 Å². The van der Waals surface area contributed by atoms with E-state index in [0.717, 1.165) is 5.56 Å². The molecule has 0 bridgehead atoms. The van der Waals surface area contributed by atoms with Crippen LogP contribution in [0.2, 0.25) is 0 Å². The van der Waals surface area contributed by atoms with Crippen molar-refractivity contribution >= 4 is 17.4 Å². The van der Waals surface area contributed by atoms with Gasteiger partial charge in [-0.2, -0.15) is 0 Å². The summed E-state index contributed by atoms with van der Waals surface area (Å²) in [4.78, 5) is 1.20. The summed E-state index contributed by atoms with van der Waals surface area (Å²) in [5.74, 6) is 0.261. The number of aliphatic hydroxyl groups is 1. The average Bonchev–Trinajstić information content (AvgIpc) is 2.45. The minimum absolute atomic E-state index is 0.261. The van der Waals surface area contributed by atoms with Crippen LogP contribution in [0.4, 0.5) is 0 Å². The Bertz CT molecular complexity index is 288. The number of hydrogen-bond acceptors (Lipinski definition) is 2. The molecule has 0 spiro atoms. The fourth-order valence-electron chi connectivity index (χ4n) is 1.34. The minimum Gasteiger partial charge on any atom is -0.388 e. The molecule has 1 aliphatic rings. The first-order valence-electron chi connectivity index (χ1n) is 3.72. The van der Waals surface area contributed by atoms with Crippen LogP contribution in [0.5, 0.6) is 0 Å². The molecule has 0 radical (unpaired) electrons. The van der Waals surface area contributed by atoms with Gasteiger partial charge in [0.15, 0.2) is 0 Å². The van der Waals surface area contributed by atoms with E-state index in [1.165, 1.54) is 4.88 Å². The van der Waals surface area contributed by atoms with E-state index in [-0.39, 0.29) is 12.0 Å². The molecule has 1 aliphatic carbocycles. The van der Waals surface area contributed by atoms with E-state index in [0.29, 0.717) is 0 Å². The van der Waals surface area contributed by atoms with E-state index in [1.54, 1.807) is 11.3 Å². The zero-order valence-corrected chi connectivity index (χ0v) is 7.14. The second kappa shape index (κ2) is 2.47. The summed E-state index contributed by atoms with van der Waals surface area (Å²) in [6.45, 7) is 2.03. The van der Waals surface area contributed by atoms with Crippen molar-refractivity contribution in [2.45, 2.75) is 13.0 Å². The normalized spacial score (nSPS) is 28.5. The SMILES string of the molecule is CC1C=Cc2sccc2C1O. The molecule has 1 aromatic rings. The van der Waals surface area contributed by atoms with Gasteiger partial charge in [0.1, 0.15) is 0 Å². The van der Waals surface area contributed by atoms with Crippen molar-refractivity contribution in [2.24, 2.45) is 5.92 Å². The molecule has 0 aliphatic heterocycles. The summed E-state index contributed by atoms with van der Waals surface area (Å²) in [6, 6.07) is 2.00. The van der Waals surface area contributed by atoms with Crippen LogP contribution >= 0.6 is 11.3 Å². The van der Waals surface area contributed by atoms with Crippen molar-refractivity contribution in [3.63, 3.8) is 0 Å². The summed E-state index contributed by atoms with van der Waals surface area (Å²) < 4.78 is 0. The molecule has 2 atom stereocenters. The highest BCUT2D eigenvalue weighted by atomic mass is 32.1. The quantitative estimate of drug-likeness (QED) is 0.627. The van der Waals surface area contributed by atoms with Crippen LogP contribution < -0.4 is 0 Å². The fraction of sp³-hybridized carbons (Fsp3) is 0.333. The number of hydrogen-bond donors (Lipinski definition) is 1. The maximum Gasteiger partial charge on any atom is 0.0863 e. The van der Waals surface area contributed by atoms with E-state index >= 15 is 0 Å². The Morgan fingerprint density at radius 2 is 2.36 bits per heavy atom. The van der Waals surface area contributed by atoms with Gasteiger partial charge in [0.05, 0.1) is 6.10 Å². The summed E-state index contributed by atoms with van der Waals surface area (Å²) in [7, 11) is 0. The molecule has 1 nitrogen and oxygen atoms in total. The highest BCUT2D eigenvalue weighted by Crippen LogP contribution is 2.34. The monoisotopic (exact) mass is 166 g/mol. The van der Waals surface area contributed by atoms with Crippen LogP contribution in [-0.4, -0.2) is 5.11 Å². The molecule has 0 fully saturated rings. The van der Waals surface area contributed by atoms with Crippen LogP contribution in [0.1, 0.15) is 23.5 Å². The van der Waals surface area contributed by atoms with E-state index in [2.05, 4.69) is 12.2 Å². The van der Waals surface area contributed by atoms with Gasteiger partial charge in [0.2, 0.25) is 0 Å². The molecule has 0 aromatic carbocycles. The lowest BCUT2D eigenvalue weighted by Crippen LogP contribution is -2.09. The Labute approximate surface area is 70.0 Å². The van der Waals surface area contributed by atoms with Gasteiger partial charge in [-0.3, -0.25) is 0 Å². The third-order valence-electron chi connectivity index (χ3n) is 2.09. The molecule has 0 saturated heterocycles. The topological polar surface area (TPSA) is 20.2 Å². The largest absolute Gasteiger partial charge is 0.388 e. The van der Waals surface area contributed by atoms with Gasteiger partial charge in [-0.25, -0.2) is 0 Å². The van der Waals surface area contributed by atoms with Crippen molar-refractivity contribution in [1.82, 2.24) is 0 Å². The molecule has 11 heavy (non-hydrogen) atoms. The number of rotatable bonds is 0. The Morgan fingerprint density at radius 3 is 3.18 bits per heavy atom. The van der Waals surface area contributed by atoms with E-state index in [4.69, 9.17) is 0 Å². The van der Waals surface area contributed by atoms with Crippen molar-refractivity contribution in [3.8, 4) is 0 Å². The smallest absolute Gasteiger partial charge is 0.0863 e. The van der Waals surface area contributed by atoms with Gasteiger partial charge in [0.25, 0.3) is 0 Å². The Morgan fingerprint density at radius 1 is 1.55 bits per heavy atom. The molecule has 1 heterocycles. The second-order valence-electron chi connectivity index (χ2n) is 2.90. The van der Waals surface area contributed by atoms with Crippen molar-refractivity contribution in [3.05, 3.63) is 28.0 Å². The predicted molar refractivity (Wildman–Crippen MR) is 47.5 cm³/mol. The Kier molecular flexibility index (Phi) is 1.59. The van der Waals surface area contributed by atoms with Crippen LogP contribution in [0.3, 0.4) is 0 Å². The van der Waals surface area contributed by atoms with Gasteiger partial charge in [-0.15, -0.1) is 11.3 Å². The first kappa shape index (κ1) is 7.07. The highest BCUT2D eigenvalue weighted by Gasteiger charge is 2.20. The second-order valence-corrected chi connectivity index (χ2v) is 3.85. The van der Waals surface area contributed by atoms with Gasteiger partial charge >= 0.3 is 0 Å². The molecule has 1 N–H and O–H groups in total. The summed E-state index contributed by atoms with van der Waals surface area (Å²) in [6.07, 6.45) is 3.86. The average molecular weight is 166 g/mol. The summed E-state index contributed by atoms with van der Waals surface area (Å²) in [5, 5.41) is 11.7. The predicted octanol–water partition coefficient (Wildman–Crippen LogP) is 2.44. The van der Waals surface area contributed by atoms with Crippen molar-refractivity contribution in [1.29, 1.82) is 0 Å². The van der Waals surface area contributed by atoms with Crippen LogP contribution in [0.15, 0.2) is 17.5 Å². The van der Waals surface area contributed by atoms with Crippen LogP contribution in [0.25, 0.3) is 6.08 Å². The highest BCUT2D eigenvalue weighted by molar-refractivity contribution is 7.11. The molecular formula is C9H10OS.